The monoisotopic (exact) mass is 214 g/mol. The van der Waals surface area contributed by atoms with Crippen LogP contribution >= 0.6 is 0 Å². The number of hydrogen-bond donors (Lipinski definition) is 1. The van der Waals surface area contributed by atoms with Crippen LogP contribution in [-0.4, -0.2) is 43.8 Å². The van der Waals surface area contributed by atoms with E-state index in [1.165, 1.54) is 19.4 Å². The van der Waals surface area contributed by atoms with E-state index in [9.17, 15) is 0 Å². The maximum absolute atomic E-state index is 5.66. The molecule has 0 spiro atoms. The molecule has 1 aliphatic rings. The normalized spacial score (nSPS) is 24.6. The third kappa shape index (κ3) is 4.49. The van der Waals surface area contributed by atoms with E-state index < -0.39 is 0 Å². The number of hydrogen-bond acceptors (Lipinski definition) is 3. The second-order valence-electron chi connectivity index (χ2n) is 4.71. The van der Waals surface area contributed by atoms with Gasteiger partial charge in [-0.2, -0.15) is 0 Å². The summed E-state index contributed by atoms with van der Waals surface area (Å²) in [5, 5.41) is 0. The number of nitrogens with zero attached hydrogens (tertiary/aromatic N) is 1. The van der Waals surface area contributed by atoms with Crippen LogP contribution in [0.15, 0.2) is 0 Å². The van der Waals surface area contributed by atoms with Gasteiger partial charge in [-0.3, -0.25) is 4.90 Å². The Morgan fingerprint density at radius 1 is 1.53 bits per heavy atom. The van der Waals surface area contributed by atoms with Crippen LogP contribution in [0.25, 0.3) is 0 Å². The highest BCUT2D eigenvalue weighted by molar-refractivity contribution is 4.80. The van der Waals surface area contributed by atoms with Crippen molar-refractivity contribution in [3.63, 3.8) is 0 Å². The Hall–Kier alpha value is -0.120. The SMILES string of the molecule is CCCOC[C@@H]1CCCN1C[C@@H](C)CN. The lowest BCUT2D eigenvalue weighted by atomic mass is 10.1. The van der Waals surface area contributed by atoms with E-state index in [2.05, 4.69) is 18.7 Å². The summed E-state index contributed by atoms with van der Waals surface area (Å²) in [7, 11) is 0. The summed E-state index contributed by atoms with van der Waals surface area (Å²) in [6.45, 7) is 9.34. The molecule has 0 aromatic carbocycles. The fourth-order valence-electron chi connectivity index (χ4n) is 2.16. The highest BCUT2D eigenvalue weighted by atomic mass is 16.5. The minimum atomic E-state index is 0.608. The van der Waals surface area contributed by atoms with Gasteiger partial charge in [-0.15, -0.1) is 0 Å². The molecule has 2 atom stereocenters. The van der Waals surface area contributed by atoms with Crippen LogP contribution in [0.1, 0.15) is 33.1 Å². The molecule has 3 nitrogen and oxygen atoms in total. The second kappa shape index (κ2) is 7.20. The zero-order valence-electron chi connectivity index (χ0n) is 10.2. The maximum atomic E-state index is 5.66. The van der Waals surface area contributed by atoms with E-state index in [0.29, 0.717) is 12.0 Å². The Kier molecular flexibility index (Phi) is 6.22. The molecule has 1 heterocycles. The molecule has 0 bridgehead atoms. The smallest absolute Gasteiger partial charge is 0.0621 e. The molecule has 90 valence electrons. The van der Waals surface area contributed by atoms with Gasteiger partial charge in [0.15, 0.2) is 0 Å². The minimum Gasteiger partial charge on any atom is -0.380 e. The number of rotatable bonds is 7. The van der Waals surface area contributed by atoms with Crippen LogP contribution in [0.3, 0.4) is 0 Å². The Labute approximate surface area is 94.0 Å². The van der Waals surface area contributed by atoms with Crippen LogP contribution in [0.4, 0.5) is 0 Å². The third-order valence-corrected chi connectivity index (χ3v) is 3.11. The Morgan fingerprint density at radius 3 is 3.00 bits per heavy atom. The van der Waals surface area contributed by atoms with Crippen molar-refractivity contribution in [1.82, 2.24) is 4.90 Å². The molecular formula is C12H26N2O. The van der Waals surface area contributed by atoms with Crippen LogP contribution in [0, 0.1) is 5.92 Å². The fourth-order valence-corrected chi connectivity index (χ4v) is 2.16. The minimum absolute atomic E-state index is 0.608. The van der Waals surface area contributed by atoms with E-state index in [0.717, 1.165) is 32.7 Å². The molecule has 0 aromatic heterocycles. The van der Waals surface area contributed by atoms with Crippen LogP contribution < -0.4 is 5.73 Å². The number of nitrogens with two attached hydrogens (primary N) is 1. The van der Waals surface area contributed by atoms with Crippen molar-refractivity contribution in [2.45, 2.75) is 39.2 Å². The molecule has 1 saturated heterocycles. The first-order chi connectivity index (χ1) is 7.27. The molecule has 2 N–H and O–H groups in total. The van der Waals surface area contributed by atoms with Gasteiger partial charge in [0, 0.05) is 19.2 Å². The predicted molar refractivity (Wildman–Crippen MR) is 63.9 cm³/mol. The van der Waals surface area contributed by atoms with Crippen molar-refractivity contribution in [3.05, 3.63) is 0 Å². The molecule has 0 saturated carbocycles. The van der Waals surface area contributed by atoms with E-state index in [4.69, 9.17) is 10.5 Å². The summed E-state index contributed by atoms with van der Waals surface area (Å²) in [6, 6.07) is 0.644. The molecule has 1 aliphatic heterocycles. The van der Waals surface area contributed by atoms with Crippen molar-refractivity contribution in [1.29, 1.82) is 0 Å². The molecule has 0 aromatic rings. The van der Waals surface area contributed by atoms with Gasteiger partial charge >= 0.3 is 0 Å². The maximum Gasteiger partial charge on any atom is 0.0621 e. The average Bonchev–Trinajstić information content (AvgIpc) is 2.66. The molecule has 0 aliphatic carbocycles. The van der Waals surface area contributed by atoms with E-state index in [1.807, 2.05) is 0 Å². The summed E-state index contributed by atoms with van der Waals surface area (Å²) >= 11 is 0. The summed E-state index contributed by atoms with van der Waals surface area (Å²) < 4.78 is 5.64. The lowest BCUT2D eigenvalue weighted by molar-refractivity contribution is 0.0727. The Balaban J connectivity index is 2.23. The number of ether oxygens (including phenoxy) is 1. The largest absolute Gasteiger partial charge is 0.380 e. The molecule has 0 radical (unpaired) electrons. The first-order valence-electron chi connectivity index (χ1n) is 6.29. The van der Waals surface area contributed by atoms with Gasteiger partial charge in [0.05, 0.1) is 6.61 Å². The van der Waals surface area contributed by atoms with Gasteiger partial charge in [0.25, 0.3) is 0 Å². The second-order valence-corrected chi connectivity index (χ2v) is 4.71. The van der Waals surface area contributed by atoms with Gasteiger partial charge in [-0.05, 0) is 38.3 Å². The lowest BCUT2D eigenvalue weighted by Crippen LogP contribution is -2.38. The zero-order valence-corrected chi connectivity index (χ0v) is 10.2. The summed E-state index contributed by atoms with van der Waals surface area (Å²) in [5.41, 5.74) is 5.66. The standard InChI is InChI=1S/C12H26N2O/c1-3-7-15-10-12-5-4-6-14(12)9-11(2)8-13/h11-12H,3-10,13H2,1-2H3/t11-,12-/m0/s1. The predicted octanol–water partition coefficient (Wildman–Crippen LogP) is 1.47. The third-order valence-electron chi connectivity index (χ3n) is 3.11. The highest BCUT2D eigenvalue weighted by Gasteiger charge is 2.25. The van der Waals surface area contributed by atoms with Crippen molar-refractivity contribution in [2.75, 3.05) is 32.8 Å². The summed E-state index contributed by atoms with van der Waals surface area (Å²) in [4.78, 5) is 2.55. The molecule has 15 heavy (non-hydrogen) atoms. The van der Waals surface area contributed by atoms with Gasteiger partial charge < -0.3 is 10.5 Å². The average molecular weight is 214 g/mol. The summed E-state index contributed by atoms with van der Waals surface area (Å²) in [5.74, 6) is 0.608. The molecule has 0 unspecified atom stereocenters. The first-order valence-corrected chi connectivity index (χ1v) is 6.29. The topological polar surface area (TPSA) is 38.5 Å². The van der Waals surface area contributed by atoms with Crippen molar-refractivity contribution in [3.8, 4) is 0 Å². The lowest BCUT2D eigenvalue weighted by Gasteiger charge is -2.26. The van der Waals surface area contributed by atoms with Crippen molar-refractivity contribution < 1.29 is 4.74 Å². The van der Waals surface area contributed by atoms with Crippen molar-refractivity contribution in [2.24, 2.45) is 11.7 Å². The van der Waals surface area contributed by atoms with Crippen LogP contribution in [0.2, 0.25) is 0 Å². The molecule has 3 heteroatoms. The molecule has 1 fully saturated rings. The zero-order chi connectivity index (χ0) is 11.1. The quantitative estimate of drug-likeness (QED) is 0.652. The van der Waals surface area contributed by atoms with Gasteiger partial charge in [-0.1, -0.05) is 13.8 Å². The first kappa shape index (κ1) is 12.9. The molecule has 1 rings (SSSR count). The Bertz CT molecular complexity index is 164. The Morgan fingerprint density at radius 2 is 2.33 bits per heavy atom. The van der Waals surface area contributed by atoms with E-state index in [-0.39, 0.29) is 0 Å². The highest BCUT2D eigenvalue weighted by Crippen LogP contribution is 2.18. The van der Waals surface area contributed by atoms with Crippen LogP contribution in [0.5, 0.6) is 0 Å². The van der Waals surface area contributed by atoms with E-state index >= 15 is 0 Å². The summed E-state index contributed by atoms with van der Waals surface area (Å²) in [6.07, 6.45) is 3.73. The van der Waals surface area contributed by atoms with Gasteiger partial charge in [0.1, 0.15) is 0 Å². The molecule has 0 amide bonds. The van der Waals surface area contributed by atoms with Gasteiger partial charge in [0.2, 0.25) is 0 Å². The fraction of sp³-hybridized carbons (Fsp3) is 1.00. The van der Waals surface area contributed by atoms with E-state index in [1.54, 1.807) is 0 Å². The number of likely N-dealkylation sites (tertiary alicyclic amines) is 1. The van der Waals surface area contributed by atoms with Gasteiger partial charge in [-0.25, -0.2) is 0 Å². The van der Waals surface area contributed by atoms with Crippen LogP contribution in [-0.2, 0) is 4.74 Å². The van der Waals surface area contributed by atoms with Crippen molar-refractivity contribution >= 4 is 0 Å². The molecular weight excluding hydrogens is 188 g/mol.